The van der Waals surface area contributed by atoms with Gasteiger partial charge in [0.1, 0.15) is 51.7 Å². The molecule has 0 aliphatic carbocycles. The van der Waals surface area contributed by atoms with Crippen molar-refractivity contribution in [1.29, 1.82) is 0 Å². The van der Waals surface area contributed by atoms with Gasteiger partial charge < -0.3 is 55.4 Å². The van der Waals surface area contributed by atoms with Crippen LogP contribution in [-0.2, 0) is 0 Å². The SMILES string of the molecule is O=C1c2c(cc(O)c(C3C(=O)c4c(O)cc(O)cc4OC3c3ccc(O)c(O)c3)c2O)OC(c2ccc(O)c(O)c2)C1O. The van der Waals surface area contributed by atoms with Crippen LogP contribution in [0, 0.1) is 0 Å². The van der Waals surface area contributed by atoms with Gasteiger partial charge in [-0.2, -0.15) is 0 Å². The van der Waals surface area contributed by atoms with E-state index in [0.717, 1.165) is 42.5 Å². The number of hydrogen-bond acceptors (Lipinski definition) is 13. The summed E-state index contributed by atoms with van der Waals surface area (Å²) in [5.41, 5.74) is -1.38. The second-order valence-corrected chi connectivity index (χ2v) is 10.1. The lowest BCUT2D eigenvalue weighted by atomic mass is 9.78. The van der Waals surface area contributed by atoms with Crippen LogP contribution in [0.3, 0.4) is 0 Å². The van der Waals surface area contributed by atoms with E-state index in [-0.39, 0.29) is 22.6 Å². The zero-order valence-corrected chi connectivity index (χ0v) is 21.7. The molecule has 4 atom stereocenters. The molecule has 0 radical (unpaired) electrons. The summed E-state index contributed by atoms with van der Waals surface area (Å²) in [6.07, 6.45) is -4.81. The summed E-state index contributed by atoms with van der Waals surface area (Å²) in [4.78, 5) is 27.3. The smallest absolute Gasteiger partial charge is 0.202 e. The summed E-state index contributed by atoms with van der Waals surface area (Å²) >= 11 is 0. The number of phenolic OH excluding ortho intramolecular Hbond substituents is 8. The highest BCUT2D eigenvalue weighted by Gasteiger charge is 2.47. The van der Waals surface area contributed by atoms with Crippen molar-refractivity contribution in [3.8, 4) is 57.5 Å². The van der Waals surface area contributed by atoms with Crippen molar-refractivity contribution < 1.29 is 65.0 Å². The fraction of sp³-hybridized carbons (Fsp3) is 0.133. The summed E-state index contributed by atoms with van der Waals surface area (Å²) in [5.74, 6) is -9.19. The maximum absolute atomic E-state index is 13.9. The topological polar surface area (TPSA) is 235 Å². The molecule has 4 unspecified atom stereocenters. The van der Waals surface area contributed by atoms with E-state index >= 15 is 0 Å². The quantitative estimate of drug-likeness (QED) is 0.156. The Morgan fingerprint density at radius 1 is 0.535 bits per heavy atom. The first kappa shape index (κ1) is 27.4. The minimum absolute atomic E-state index is 0.0634. The minimum atomic E-state index is -1.93. The van der Waals surface area contributed by atoms with E-state index in [2.05, 4.69) is 0 Å². The lowest BCUT2D eigenvalue weighted by Crippen LogP contribution is -2.37. The van der Waals surface area contributed by atoms with E-state index < -0.39 is 98.5 Å². The molecule has 0 bridgehead atoms. The normalized spacial score (nSPS) is 21.0. The van der Waals surface area contributed by atoms with Crippen LogP contribution < -0.4 is 9.47 Å². The fourth-order valence-electron chi connectivity index (χ4n) is 5.42. The van der Waals surface area contributed by atoms with E-state index in [1.807, 2.05) is 0 Å². The standard InChI is InChI=1S/C30H22O13/c31-12-7-17(36)21-19(8-12)42-29(10-1-3-13(32)15(34)5-10)24(25(21)38)22-18(37)9-20-23(26(22)39)27(40)28(41)30(43-20)11-2-4-14(33)16(35)6-11/h1-9,24,28-37,39,41H. The summed E-state index contributed by atoms with van der Waals surface area (Å²) < 4.78 is 11.7. The van der Waals surface area contributed by atoms with Gasteiger partial charge in [0, 0.05) is 18.2 Å². The van der Waals surface area contributed by atoms with Gasteiger partial charge in [-0.15, -0.1) is 0 Å². The number of phenols is 8. The van der Waals surface area contributed by atoms with Crippen molar-refractivity contribution >= 4 is 11.6 Å². The first-order chi connectivity index (χ1) is 20.4. The molecule has 13 heteroatoms. The van der Waals surface area contributed by atoms with Crippen LogP contribution in [0.2, 0.25) is 0 Å². The van der Waals surface area contributed by atoms with Crippen LogP contribution in [0.15, 0.2) is 54.6 Å². The van der Waals surface area contributed by atoms with Crippen LogP contribution in [0.25, 0.3) is 0 Å². The Morgan fingerprint density at radius 3 is 1.70 bits per heavy atom. The van der Waals surface area contributed by atoms with Crippen molar-refractivity contribution in [2.45, 2.75) is 24.2 Å². The third-order valence-electron chi connectivity index (χ3n) is 7.46. The van der Waals surface area contributed by atoms with E-state index in [9.17, 15) is 55.5 Å². The van der Waals surface area contributed by atoms with Crippen molar-refractivity contribution in [2.75, 3.05) is 0 Å². The second-order valence-electron chi connectivity index (χ2n) is 10.1. The molecular weight excluding hydrogens is 568 g/mol. The first-order valence-corrected chi connectivity index (χ1v) is 12.7. The van der Waals surface area contributed by atoms with Gasteiger partial charge in [0.05, 0.1) is 11.5 Å². The second kappa shape index (κ2) is 9.63. The number of aromatic hydroxyl groups is 8. The van der Waals surface area contributed by atoms with E-state index in [1.54, 1.807) is 0 Å². The summed E-state index contributed by atoms with van der Waals surface area (Å²) in [6.45, 7) is 0. The van der Waals surface area contributed by atoms with Crippen LogP contribution in [0.5, 0.6) is 57.5 Å². The van der Waals surface area contributed by atoms with E-state index in [4.69, 9.17) is 9.47 Å². The molecular formula is C30H22O13. The molecule has 0 saturated heterocycles. The molecule has 9 N–H and O–H groups in total. The predicted octanol–water partition coefficient (Wildman–Crippen LogP) is 3.11. The van der Waals surface area contributed by atoms with Crippen LogP contribution in [0.1, 0.15) is 55.5 Å². The molecule has 43 heavy (non-hydrogen) atoms. The van der Waals surface area contributed by atoms with Gasteiger partial charge in [-0.1, -0.05) is 12.1 Å². The average Bonchev–Trinajstić information content (AvgIpc) is 2.94. The van der Waals surface area contributed by atoms with Crippen molar-refractivity contribution in [3.05, 3.63) is 82.4 Å². The molecule has 2 aliphatic rings. The highest BCUT2D eigenvalue weighted by Crippen LogP contribution is 2.55. The number of ether oxygens (including phenoxy) is 2. The Morgan fingerprint density at radius 2 is 1.09 bits per heavy atom. The molecule has 4 aromatic carbocycles. The average molecular weight is 590 g/mol. The van der Waals surface area contributed by atoms with Crippen LogP contribution in [0.4, 0.5) is 0 Å². The molecule has 2 aliphatic heterocycles. The predicted molar refractivity (Wildman–Crippen MR) is 143 cm³/mol. The van der Waals surface area contributed by atoms with Gasteiger partial charge in [0.15, 0.2) is 41.0 Å². The first-order valence-electron chi connectivity index (χ1n) is 12.7. The summed E-state index contributed by atoms with van der Waals surface area (Å²) in [6, 6.07) is 9.79. The van der Waals surface area contributed by atoms with Gasteiger partial charge in [-0.3, -0.25) is 9.59 Å². The number of ketones is 2. The number of carbonyl (C=O) groups is 2. The van der Waals surface area contributed by atoms with Gasteiger partial charge >= 0.3 is 0 Å². The Kier molecular flexibility index (Phi) is 6.13. The number of benzene rings is 4. The molecule has 0 amide bonds. The van der Waals surface area contributed by atoms with Gasteiger partial charge in [-0.05, 0) is 35.4 Å². The molecule has 220 valence electrons. The number of aliphatic hydroxyl groups is 1. The van der Waals surface area contributed by atoms with Crippen molar-refractivity contribution in [2.24, 2.45) is 0 Å². The molecule has 4 aromatic rings. The van der Waals surface area contributed by atoms with Crippen LogP contribution >= 0.6 is 0 Å². The van der Waals surface area contributed by atoms with E-state index in [0.29, 0.717) is 0 Å². The molecule has 0 aromatic heterocycles. The number of rotatable bonds is 3. The number of hydrogen-bond donors (Lipinski definition) is 9. The maximum atomic E-state index is 13.9. The van der Waals surface area contributed by atoms with Crippen molar-refractivity contribution in [3.63, 3.8) is 0 Å². The Hall–Kier alpha value is -5.82. The molecule has 0 saturated carbocycles. The largest absolute Gasteiger partial charge is 0.508 e. The summed E-state index contributed by atoms with van der Waals surface area (Å²) in [7, 11) is 0. The van der Waals surface area contributed by atoms with E-state index in [1.165, 1.54) is 12.1 Å². The maximum Gasteiger partial charge on any atom is 0.202 e. The molecule has 13 nitrogen and oxygen atoms in total. The molecule has 0 fully saturated rings. The third-order valence-corrected chi connectivity index (χ3v) is 7.46. The molecule has 6 rings (SSSR count). The fourth-order valence-corrected chi connectivity index (χ4v) is 5.42. The zero-order chi connectivity index (χ0) is 30.9. The lowest BCUT2D eigenvalue weighted by Gasteiger charge is -2.35. The Bertz CT molecular complexity index is 1850. The number of fused-ring (bicyclic) bond motifs is 2. The summed E-state index contributed by atoms with van der Waals surface area (Å²) in [5, 5.41) is 93.3. The van der Waals surface area contributed by atoms with Crippen LogP contribution in [-0.4, -0.2) is 63.6 Å². The highest BCUT2D eigenvalue weighted by molar-refractivity contribution is 6.10. The molecule has 2 heterocycles. The van der Waals surface area contributed by atoms with Gasteiger partial charge in [-0.25, -0.2) is 0 Å². The van der Waals surface area contributed by atoms with Crippen molar-refractivity contribution in [1.82, 2.24) is 0 Å². The third kappa shape index (κ3) is 4.21. The Labute approximate surface area is 240 Å². The zero-order valence-electron chi connectivity index (χ0n) is 21.7. The Balaban J connectivity index is 1.52. The minimum Gasteiger partial charge on any atom is -0.508 e. The lowest BCUT2D eigenvalue weighted by molar-refractivity contribution is 0.0208. The number of aliphatic hydroxyl groups excluding tert-OH is 1. The highest BCUT2D eigenvalue weighted by atomic mass is 16.5. The van der Waals surface area contributed by atoms with Gasteiger partial charge in [0.2, 0.25) is 5.78 Å². The molecule has 0 spiro atoms. The van der Waals surface area contributed by atoms with Gasteiger partial charge in [0.25, 0.3) is 0 Å². The number of carbonyl (C=O) groups excluding carboxylic acids is 2. The number of Topliss-reactive ketones (excluding diaryl/α,β-unsaturated/α-hetero) is 2. The monoisotopic (exact) mass is 590 g/mol.